The summed E-state index contributed by atoms with van der Waals surface area (Å²) in [7, 11) is 0. The van der Waals surface area contributed by atoms with Crippen molar-refractivity contribution in [2.24, 2.45) is 0 Å². The van der Waals surface area contributed by atoms with Crippen LogP contribution in [-0.4, -0.2) is 40.4 Å². The van der Waals surface area contributed by atoms with E-state index in [-0.39, 0.29) is 17.8 Å². The molecule has 1 aromatic carbocycles. The molecule has 124 valence electrons. The average Bonchev–Trinajstić information content (AvgIpc) is 3.11. The van der Waals surface area contributed by atoms with Gasteiger partial charge in [0.25, 0.3) is 0 Å². The molecule has 0 aliphatic carbocycles. The highest BCUT2D eigenvalue weighted by Gasteiger charge is 2.32. The zero-order chi connectivity index (χ0) is 16.5. The average molecular weight is 326 g/mol. The molecule has 0 spiro atoms. The number of aromatic nitrogens is 2. The second kappa shape index (κ2) is 6.20. The van der Waals surface area contributed by atoms with Gasteiger partial charge in [0.2, 0.25) is 5.91 Å². The molecule has 5 nitrogen and oxygen atoms in total. The minimum atomic E-state index is -0.360. The number of carbonyl (C=O) groups excluding carboxylic acids is 1. The van der Waals surface area contributed by atoms with E-state index in [1.165, 1.54) is 12.1 Å². The molecule has 6 heteroatoms. The first-order chi connectivity index (χ1) is 11.7. The van der Waals surface area contributed by atoms with Crippen LogP contribution in [0.5, 0.6) is 0 Å². The molecule has 0 fully saturated rings. The number of fused-ring (bicyclic) bond motifs is 1. The van der Waals surface area contributed by atoms with Gasteiger partial charge >= 0.3 is 0 Å². The number of imidazole rings is 1. The van der Waals surface area contributed by atoms with Gasteiger partial charge in [0.15, 0.2) is 0 Å². The van der Waals surface area contributed by atoms with E-state index < -0.39 is 0 Å². The van der Waals surface area contributed by atoms with Gasteiger partial charge in [-0.25, -0.2) is 9.37 Å². The summed E-state index contributed by atoms with van der Waals surface area (Å²) < 4.78 is 13.0. The quantitative estimate of drug-likeness (QED) is 0.888. The third-order valence-electron chi connectivity index (χ3n) is 4.73. The van der Waals surface area contributed by atoms with E-state index >= 15 is 0 Å². The normalized spacial score (nSPS) is 20.5. The zero-order valence-electron chi connectivity index (χ0n) is 13.3. The van der Waals surface area contributed by atoms with Crippen LogP contribution in [0, 0.1) is 5.82 Å². The second-order valence-corrected chi connectivity index (χ2v) is 6.17. The molecule has 0 saturated heterocycles. The fraction of sp³-hybridized carbons (Fsp3) is 0.333. The molecule has 0 radical (unpaired) electrons. The van der Waals surface area contributed by atoms with Crippen molar-refractivity contribution in [2.45, 2.75) is 18.9 Å². The van der Waals surface area contributed by atoms with E-state index in [1.807, 2.05) is 4.90 Å². The Labute approximate surface area is 139 Å². The molecule has 1 amide bonds. The number of nitrogens with zero attached hydrogens (tertiary/aromatic N) is 2. The number of halogens is 1. The SMILES string of the molecule is O=C(C1NCCc2[nH]cnc21)N1CC=C(c2ccc(F)cc2)CC1. The maximum Gasteiger partial charge on any atom is 0.246 e. The Morgan fingerprint density at radius 1 is 1.25 bits per heavy atom. The lowest BCUT2D eigenvalue weighted by atomic mass is 9.98. The number of nitrogens with one attached hydrogen (secondary N) is 2. The molecule has 2 aliphatic rings. The van der Waals surface area contributed by atoms with Crippen molar-refractivity contribution in [1.82, 2.24) is 20.2 Å². The van der Waals surface area contributed by atoms with Gasteiger partial charge in [-0.1, -0.05) is 18.2 Å². The van der Waals surface area contributed by atoms with Crippen molar-refractivity contribution in [3.05, 3.63) is 59.4 Å². The van der Waals surface area contributed by atoms with Crippen LogP contribution in [0.25, 0.3) is 5.57 Å². The van der Waals surface area contributed by atoms with Gasteiger partial charge in [-0.15, -0.1) is 0 Å². The first kappa shape index (κ1) is 15.1. The third-order valence-corrected chi connectivity index (χ3v) is 4.73. The van der Waals surface area contributed by atoms with Crippen LogP contribution in [-0.2, 0) is 11.2 Å². The second-order valence-electron chi connectivity index (χ2n) is 6.17. The van der Waals surface area contributed by atoms with Crippen molar-refractivity contribution in [2.75, 3.05) is 19.6 Å². The molecule has 1 unspecified atom stereocenters. The number of aromatic amines is 1. The summed E-state index contributed by atoms with van der Waals surface area (Å²) in [6.45, 7) is 2.01. The maximum absolute atomic E-state index is 13.0. The summed E-state index contributed by atoms with van der Waals surface area (Å²) in [4.78, 5) is 22.1. The summed E-state index contributed by atoms with van der Waals surface area (Å²) >= 11 is 0. The molecule has 2 N–H and O–H groups in total. The van der Waals surface area contributed by atoms with E-state index in [2.05, 4.69) is 21.4 Å². The molecule has 24 heavy (non-hydrogen) atoms. The molecule has 0 bridgehead atoms. The summed E-state index contributed by atoms with van der Waals surface area (Å²) in [5.41, 5.74) is 4.05. The predicted molar refractivity (Wildman–Crippen MR) is 88.6 cm³/mol. The van der Waals surface area contributed by atoms with Gasteiger partial charge in [-0.3, -0.25) is 4.79 Å². The highest BCUT2D eigenvalue weighted by Crippen LogP contribution is 2.26. The van der Waals surface area contributed by atoms with Crippen LogP contribution in [0.4, 0.5) is 4.39 Å². The summed E-state index contributed by atoms with van der Waals surface area (Å²) in [6.07, 6.45) is 5.36. The Bertz CT molecular complexity index is 781. The van der Waals surface area contributed by atoms with Gasteiger partial charge in [-0.2, -0.15) is 0 Å². The number of hydrogen-bond donors (Lipinski definition) is 2. The number of rotatable bonds is 2. The highest BCUT2D eigenvalue weighted by molar-refractivity contribution is 5.84. The standard InChI is InChI=1S/C18H19FN4O/c19-14-3-1-12(2-4-14)13-6-9-23(10-7-13)18(24)17-16-15(5-8-20-17)21-11-22-16/h1-4,6,11,17,20H,5,7-10H2,(H,21,22). The Balaban J connectivity index is 1.48. The number of carbonyl (C=O) groups is 1. The summed E-state index contributed by atoms with van der Waals surface area (Å²) in [5, 5.41) is 3.27. The van der Waals surface area contributed by atoms with E-state index in [0.29, 0.717) is 13.1 Å². The molecule has 1 atom stereocenters. The van der Waals surface area contributed by atoms with Crippen LogP contribution in [0.3, 0.4) is 0 Å². The Kier molecular flexibility index (Phi) is 3.90. The molecule has 1 aromatic heterocycles. The van der Waals surface area contributed by atoms with Gasteiger partial charge < -0.3 is 15.2 Å². The number of hydrogen-bond acceptors (Lipinski definition) is 3. The summed E-state index contributed by atoms with van der Waals surface area (Å²) in [5.74, 6) is -0.164. The first-order valence-corrected chi connectivity index (χ1v) is 8.21. The fourth-order valence-corrected chi connectivity index (χ4v) is 3.40. The zero-order valence-corrected chi connectivity index (χ0v) is 13.3. The molecule has 4 rings (SSSR count). The lowest BCUT2D eigenvalue weighted by Crippen LogP contribution is -2.45. The van der Waals surface area contributed by atoms with Crippen molar-refractivity contribution >= 4 is 11.5 Å². The lowest BCUT2D eigenvalue weighted by molar-refractivity contribution is -0.133. The topological polar surface area (TPSA) is 61.0 Å². The van der Waals surface area contributed by atoms with Crippen molar-refractivity contribution in [3.8, 4) is 0 Å². The van der Waals surface area contributed by atoms with Gasteiger partial charge in [0.05, 0.1) is 12.0 Å². The van der Waals surface area contributed by atoms with Crippen LogP contribution >= 0.6 is 0 Å². The largest absolute Gasteiger partial charge is 0.348 e. The molecule has 2 aliphatic heterocycles. The number of benzene rings is 1. The highest BCUT2D eigenvalue weighted by atomic mass is 19.1. The van der Waals surface area contributed by atoms with Crippen LogP contribution < -0.4 is 5.32 Å². The lowest BCUT2D eigenvalue weighted by Gasteiger charge is -2.31. The van der Waals surface area contributed by atoms with E-state index in [1.54, 1.807) is 18.5 Å². The molecular weight excluding hydrogens is 307 g/mol. The number of H-pyrrole nitrogens is 1. The Morgan fingerprint density at radius 3 is 2.83 bits per heavy atom. The van der Waals surface area contributed by atoms with Gasteiger partial charge in [-0.05, 0) is 29.7 Å². The predicted octanol–water partition coefficient (Wildman–Crippen LogP) is 2.05. The molecule has 3 heterocycles. The smallest absolute Gasteiger partial charge is 0.246 e. The minimum absolute atomic E-state index is 0.0671. The molecule has 2 aromatic rings. The monoisotopic (exact) mass is 326 g/mol. The fourth-order valence-electron chi connectivity index (χ4n) is 3.40. The summed E-state index contributed by atoms with van der Waals surface area (Å²) in [6, 6.07) is 6.16. The number of amides is 1. The Morgan fingerprint density at radius 2 is 2.08 bits per heavy atom. The molecular formula is C18H19FN4O. The maximum atomic E-state index is 13.0. The van der Waals surface area contributed by atoms with Crippen LogP contribution in [0.1, 0.15) is 29.4 Å². The van der Waals surface area contributed by atoms with Gasteiger partial charge in [0.1, 0.15) is 11.9 Å². The van der Waals surface area contributed by atoms with Gasteiger partial charge in [0, 0.05) is 31.7 Å². The van der Waals surface area contributed by atoms with Crippen molar-refractivity contribution in [1.29, 1.82) is 0 Å². The minimum Gasteiger partial charge on any atom is -0.348 e. The Hall–Kier alpha value is -2.47. The van der Waals surface area contributed by atoms with E-state index in [4.69, 9.17) is 0 Å². The molecule has 0 saturated carbocycles. The van der Waals surface area contributed by atoms with Crippen LogP contribution in [0.15, 0.2) is 36.7 Å². The van der Waals surface area contributed by atoms with Crippen molar-refractivity contribution in [3.63, 3.8) is 0 Å². The van der Waals surface area contributed by atoms with Crippen LogP contribution in [0.2, 0.25) is 0 Å². The third kappa shape index (κ3) is 2.73. The van der Waals surface area contributed by atoms with E-state index in [9.17, 15) is 9.18 Å². The van der Waals surface area contributed by atoms with E-state index in [0.717, 1.165) is 41.9 Å². The van der Waals surface area contributed by atoms with Crippen molar-refractivity contribution < 1.29 is 9.18 Å². The first-order valence-electron chi connectivity index (χ1n) is 8.21.